The Labute approximate surface area is 80.5 Å². The maximum absolute atomic E-state index is 11.4. The van der Waals surface area contributed by atoms with Crippen molar-refractivity contribution in [3.05, 3.63) is 16.3 Å². The first-order valence-electron chi connectivity index (χ1n) is 4.27. The summed E-state index contributed by atoms with van der Waals surface area (Å²) in [5.74, 6) is 0.324. The number of hydrogen-bond donors (Lipinski definition) is 1. The summed E-state index contributed by atoms with van der Waals surface area (Å²) in [6, 6.07) is 1.72. The fraction of sp³-hybridized carbons (Fsp3) is 0.444. The van der Waals surface area contributed by atoms with E-state index in [0.717, 1.165) is 0 Å². The lowest BCUT2D eigenvalue weighted by molar-refractivity contribution is 0.0493. The maximum Gasteiger partial charge on any atom is 0.350 e. The number of esters is 1. The van der Waals surface area contributed by atoms with Gasteiger partial charge >= 0.3 is 5.97 Å². The molecule has 4 heteroatoms. The molecule has 1 saturated carbocycles. The van der Waals surface area contributed by atoms with E-state index >= 15 is 0 Å². The van der Waals surface area contributed by atoms with Crippen molar-refractivity contribution in [3.63, 3.8) is 0 Å². The predicted octanol–water partition coefficient (Wildman–Crippen LogP) is 1.90. The fourth-order valence-electron chi connectivity index (χ4n) is 1.03. The van der Waals surface area contributed by atoms with Crippen LogP contribution in [-0.4, -0.2) is 12.6 Å². The molecule has 0 bridgehead atoms. The van der Waals surface area contributed by atoms with Crippen LogP contribution in [0.3, 0.4) is 0 Å². The third-order valence-corrected chi connectivity index (χ3v) is 2.94. The third-order valence-electron chi connectivity index (χ3n) is 2.03. The van der Waals surface area contributed by atoms with Crippen molar-refractivity contribution < 1.29 is 9.53 Å². The molecule has 2 rings (SSSR count). The number of thiophene rings is 1. The SMILES string of the molecule is Nc1ccsc1C(=O)OCC1CC1. The number of hydrogen-bond acceptors (Lipinski definition) is 4. The molecule has 1 aromatic rings. The van der Waals surface area contributed by atoms with E-state index < -0.39 is 0 Å². The first-order chi connectivity index (χ1) is 6.27. The lowest BCUT2D eigenvalue weighted by Crippen LogP contribution is -2.07. The van der Waals surface area contributed by atoms with Gasteiger partial charge in [-0.05, 0) is 30.2 Å². The molecule has 13 heavy (non-hydrogen) atoms. The molecule has 0 aliphatic heterocycles. The van der Waals surface area contributed by atoms with Gasteiger partial charge in [0.05, 0.1) is 12.3 Å². The monoisotopic (exact) mass is 197 g/mol. The summed E-state index contributed by atoms with van der Waals surface area (Å²) in [5.41, 5.74) is 6.09. The Balaban J connectivity index is 1.92. The average Bonchev–Trinajstić information content (AvgIpc) is 2.84. The van der Waals surface area contributed by atoms with E-state index in [4.69, 9.17) is 10.5 Å². The van der Waals surface area contributed by atoms with E-state index in [-0.39, 0.29) is 5.97 Å². The second-order valence-corrected chi connectivity index (χ2v) is 4.16. The first kappa shape index (κ1) is 8.56. The van der Waals surface area contributed by atoms with Gasteiger partial charge in [0.25, 0.3) is 0 Å². The average molecular weight is 197 g/mol. The topological polar surface area (TPSA) is 52.3 Å². The molecule has 0 radical (unpaired) electrons. The zero-order valence-electron chi connectivity index (χ0n) is 7.16. The Bertz CT molecular complexity index is 317. The largest absolute Gasteiger partial charge is 0.461 e. The second kappa shape index (κ2) is 3.38. The van der Waals surface area contributed by atoms with Crippen molar-refractivity contribution in [2.24, 2.45) is 5.92 Å². The van der Waals surface area contributed by atoms with Crippen LogP contribution in [0.4, 0.5) is 5.69 Å². The summed E-state index contributed by atoms with van der Waals surface area (Å²) >= 11 is 1.33. The van der Waals surface area contributed by atoms with Gasteiger partial charge in [-0.1, -0.05) is 0 Å². The molecule has 1 aromatic heterocycles. The van der Waals surface area contributed by atoms with Gasteiger partial charge in [0, 0.05) is 0 Å². The molecule has 1 heterocycles. The highest BCUT2D eigenvalue weighted by molar-refractivity contribution is 7.12. The highest BCUT2D eigenvalue weighted by Gasteiger charge is 2.24. The Morgan fingerprint density at radius 2 is 2.46 bits per heavy atom. The molecule has 0 amide bonds. The van der Waals surface area contributed by atoms with E-state index in [9.17, 15) is 4.79 Å². The number of ether oxygens (including phenoxy) is 1. The normalized spacial score (nSPS) is 15.7. The molecule has 0 atom stereocenters. The van der Waals surface area contributed by atoms with Crippen LogP contribution >= 0.6 is 11.3 Å². The van der Waals surface area contributed by atoms with Crippen LogP contribution in [0, 0.1) is 5.92 Å². The van der Waals surface area contributed by atoms with E-state index in [0.29, 0.717) is 23.1 Å². The summed E-state index contributed by atoms with van der Waals surface area (Å²) in [4.78, 5) is 11.9. The van der Waals surface area contributed by atoms with Gasteiger partial charge in [-0.15, -0.1) is 11.3 Å². The van der Waals surface area contributed by atoms with Crippen molar-refractivity contribution in [1.29, 1.82) is 0 Å². The molecule has 0 aromatic carbocycles. The van der Waals surface area contributed by atoms with Crippen LogP contribution in [0.15, 0.2) is 11.4 Å². The summed E-state index contributed by atoms with van der Waals surface area (Å²) in [6.45, 7) is 0.552. The summed E-state index contributed by atoms with van der Waals surface area (Å²) < 4.78 is 5.08. The number of anilines is 1. The van der Waals surface area contributed by atoms with Crippen LogP contribution in [0.5, 0.6) is 0 Å². The Kier molecular flexibility index (Phi) is 2.22. The van der Waals surface area contributed by atoms with Crippen LogP contribution in [0.25, 0.3) is 0 Å². The van der Waals surface area contributed by atoms with E-state index in [2.05, 4.69) is 0 Å². The van der Waals surface area contributed by atoms with Crippen molar-refractivity contribution in [2.45, 2.75) is 12.8 Å². The van der Waals surface area contributed by atoms with E-state index in [1.165, 1.54) is 24.2 Å². The van der Waals surface area contributed by atoms with Gasteiger partial charge in [0.2, 0.25) is 0 Å². The molecule has 1 aliphatic carbocycles. The fourth-order valence-corrected chi connectivity index (χ4v) is 1.74. The minimum atomic E-state index is -0.278. The number of nitrogens with two attached hydrogens (primary N) is 1. The Morgan fingerprint density at radius 1 is 1.69 bits per heavy atom. The zero-order valence-corrected chi connectivity index (χ0v) is 7.97. The standard InChI is InChI=1S/C9H11NO2S/c10-7-3-4-13-8(7)9(11)12-5-6-1-2-6/h3-4,6H,1-2,5,10H2. The molecule has 3 nitrogen and oxygen atoms in total. The van der Waals surface area contributed by atoms with Gasteiger partial charge in [-0.25, -0.2) is 4.79 Å². The van der Waals surface area contributed by atoms with Crippen LogP contribution in [-0.2, 0) is 4.74 Å². The number of rotatable bonds is 3. The second-order valence-electron chi connectivity index (χ2n) is 3.25. The minimum absolute atomic E-state index is 0.278. The van der Waals surface area contributed by atoms with Gasteiger partial charge in [0.1, 0.15) is 4.88 Å². The van der Waals surface area contributed by atoms with Crippen LogP contribution < -0.4 is 5.73 Å². The molecule has 0 unspecified atom stereocenters. The van der Waals surface area contributed by atoms with Crippen molar-refractivity contribution in [2.75, 3.05) is 12.3 Å². The van der Waals surface area contributed by atoms with E-state index in [1.807, 2.05) is 0 Å². The summed E-state index contributed by atoms with van der Waals surface area (Å²) in [6.07, 6.45) is 2.38. The Morgan fingerprint density at radius 3 is 3.00 bits per heavy atom. The van der Waals surface area contributed by atoms with Crippen molar-refractivity contribution >= 4 is 23.0 Å². The quantitative estimate of drug-likeness (QED) is 0.753. The van der Waals surface area contributed by atoms with Crippen LogP contribution in [0.1, 0.15) is 22.5 Å². The number of carbonyl (C=O) groups excluding carboxylic acids is 1. The summed E-state index contributed by atoms with van der Waals surface area (Å²) in [5, 5.41) is 1.79. The molecular formula is C9H11NO2S. The minimum Gasteiger partial charge on any atom is -0.461 e. The number of carbonyl (C=O) groups is 1. The third kappa shape index (κ3) is 2.01. The van der Waals surface area contributed by atoms with E-state index in [1.54, 1.807) is 11.4 Å². The lowest BCUT2D eigenvalue weighted by Gasteiger charge is -2.01. The lowest BCUT2D eigenvalue weighted by atomic mass is 10.4. The van der Waals surface area contributed by atoms with Crippen LogP contribution in [0.2, 0.25) is 0 Å². The van der Waals surface area contributed by atoms with Gasteiger partial charge in [-0.3, -0.25) is 0 Å². The number of nitrogen functional groups attached to an aromatic ring is 1. The first-order valence-corrected chi connectivity index (χ1v) is 5.15. The predicted molar refractivity (Wildman–Crippen MR) is 51.7 cm³/mol. The molecule has 2 N–H and O–H groups in total. The molecule has 1 aliphatic rings. The maximum atomic E-state index is 11.4. The Hall–Kier alpha value is -1.03. The highest BCUT2D eigenvalue weighted by atomic mass is 32.1. The van der Waals surface area contributed by atoms with Gasteiger partial charge in [-0.2, -0.15) is 0 Å². The molecule has 0 saturated heterocycles. The highest BCUT2D eigenvalue weighted by Crippen LogP contribution is 2.29. The molecule has 0 spiro atoms. The summed E-state index contributed by atoms with van der Waals surface area (Å²) in [7, 11) is 0. The molecular weight excluding hydrogens is 186 g/mol. The zero-order chi connectivity index (χ0) is 9.26. The van der Waals surface area contributed by atoms with Gasteiger partial charge in [0.15, 0.2) is 0 Å². The smallest absolute Gasteiger partial charge is 0.350 e. The molecule has 70 valence electrons. The van der Waals surface area contributed by atoms with Crippen molar-refractivity contribution in [1.82, 2.24) is 0 Å². The van der Waals surface area contributed by atoms with Gasteiger partial charge < -0.3 is 10.5 Å². The van der Waals surface area contributed by atoms with Crippen molar-refractivity contribution in [3.8, 4) is 0 Å². The molecule has 1 fully saturated rings.